The summed E-state index contributed by atoms with van der Waals surface area (Å²) in [6.07, 6.45) is 3.25. The largest absolute Gasteiger partial charge is 0.433 e. The molecule has 1 aliphatic heterocycles. The second-order valence-electron chi connectivity index (χ2n) is 6.98. The van der Waals surface area contributed by atoms with Crippen molar-refractivity contribution in [3.63, 3.8) is 0 Å². The highest BCUT2D eigenvalue weighted by atomic mass is 19.3. The Kier molecular flexibility index (Phi) is 6.76. The zero-order chi connectivity index (χ0) is 19.1. The van der Waals surface area contributed by atoms with E-state index < -0.39 is 6.61 Å². The number of benzene rings is 2. The van der Waals surface area contributed by atoms with Crippen LogP contribution in [0, 0.1) is 5.92 Å². The van der Waals surface area contributed by atoms with Crippen LogP contribution in [0.15, 0.2) is 54.6 Å². The Morgan fingerprint density at radius 1 is 1.07 bits per heavy atom. The number of nitrogens with one attached hydrogen (secondary N) is 2. The number of hydrogen-bond acceptors (Lipinski definition) is 2. The molecular formula is C21H25F2N2O2+. The van der Waals surface area contributed by atoms with E-state index in [9.17, 15) is 13.6 Å². The van der Waals surface area contributed by atoms with Crippen molar-refractivity contribution in [2.75, 3.05) is 25.0 Å². The minimum atomic E-state index is -2.92. The van der Waals surface area contributed by atoms with E-state index in [1.807, 2.05) is 6.07 Å². The molecule has 2 aromatic rings. The lowest BCUT2D eigenvalue weighted by molar-refractivity contribution is -0.898. The highest BCUT2D eigenvalue weighted by Crippen LogP contribution is 2.25. The van der Waals surface area contributed by atoms with Crippen molar-refractivity contribution in [3.05, 3.63) is 60.2 Å². The summed E-state index contributed by atoms with van der Waals surface area (Å²) in [5.74, 6) is 0.452. The Balaban J connectivity index is 1.46. The zero-order valence-corrected chi connectivity index (χ0v) is 15.2. The molecule has 1 fully saturated rings. The quantitative estimate of drug-likeness (QED) is 0.782. The normalized spacial score (nSPS) is 19.7. The maximum absolute atomic E-state index is 12.5. The predicted octanol–water partition coefficient (Wildman–Crippen LogP) is 2.76. The number of piperidine rings is 1. The highest BCUT2D eigenvalue weighted by molar-refractivity contribution is 5.92. The van der Waals surface area contributed by atoms with Gasteiger partial charge in [-0.3, -0.25) is 4.79 Å². The van der Waals surface area contributed by atoms with Crippen LogP contribution in [0.3, 0.4) is 0 Å². The molecule has 144 valence electrons. The molecule has 27 heavy (non-hydrogen) atoms. The molecule has 6 heteroatoms. The third-order valence-electron chi connectivity index (χ3n) is 4.97. The topological polar surface area (TPSA) is 42.8 Å². The lowest BCUT2D eigenvalue weighted by Crippen LogP contribution is -3.14. The summed E-state index contributed by atoms with van der Waals surface area (Å²) in [4.78, 5) is 13.5. The van der Waals surface area contributed by atoms with Crippen LogP contribution in [0.4, 0.5) is 14.5 Å². The number of anilines is 1. The molecular weight excluding hydrogens is 350 g/mol. The maximum atomic E-state index is 12.5. The van der Waals surface area contributed by atoms with Crippen LogP contribution in [-0.2, 0) is 11.2 Å². The van der Waals surface area contributed by atoms with E-state index in [2.05, 4.69) is 34.3 Å². The Morgan fingerprint density at radius 2 is 1.74 bits per heavy atom. The molecule has 0 bridgehead atoms. The molecule has 2 N–H and O–H groups in total. The van der Waals surface area contributed by atoms with E-state index >= 15 is 0 Å². The molecule has 1 amide bonds. The molecule has 1 heterocycles. The molecule has 1 saturated heterocycles. The van der Waals surface area contributed by atoms with Crippen LogP contribution in [0.25, 0.3) is 0 Å². The average Bonchev–Trinajstić information content (AvgIpc) is 2.65. The van der Waals surface area contributed by atoms with Gasteiger partial charge in [0.1, 0.15) is 5.75 Å². The maximum Gasteiger partial charge on any atom is 0.387 e. The standard InChI is InChI=1S/C21H24F2N2O2/c22-21(23)27-19-9-5-4-8-18(19)24-20(26)15-25-12-10-17(11-13-25)14-16-6-2-1-3-7-16/h1-9,17,21H,10-15H2,(H,24,26)/p+1. The number of carbonyl (C=O) groups is 1. The van der Waals surface area contributed by atoms with Crippen LogP contribution in [0.1, 0.15) is 18.4 Å². The van der Waals surface area contributed by atoms with Crippen molar-refractivity contribution >= 4 is 11.6 Å². The summed E-state index contributed by atoms with van der Waals surface area (Å²) in [6.45, 7) is -0.696. The molecule has 0 spiro atoms. The molecule has 0 radical (unpaired) electrons. The van der Waals surface area contributed by atoms with Crippen LogP contribution in [-0.4, -0.2) is 32.2 Å². The van der Waals surface area contributed by atoms with Crippen molar-refractivity contribution < 1.29 is 23.2 Å². The van der Waals surface area contributed by atoms with E-state index in [4.69, 9.17) is 0 Å². The van der Waals surface area contributed by atoms with Crippen molar-refractivity contribution in [2.24, 2.45) is 5.92 Å². The van der Waals surface area contributed by atoms with E-state index in [1.54, 1.807) is 18.2 Å². The van der Waals surface area contributed by atoms with Gasteiger partial charge in [0.15, 0.2) is 6.54 Å². The summed E-state index contributed by atoms with van der Waals surface area (Å²) in [7, 11) is 0. The van der Waals surface area contributed by atoms with Crippen LogP contribution < -0.4 is 15.0 Å². The number of para-hydroxylation sites is 2. The van der Waals surface area contributed by atoms with Gasteiger partial charge in [0.2, 0.25) is 0 Å². The van der Waals surface area contributed by atoms with Gasteiger partial charge in [-0.25, -0.2) is 0 Å². The smallest absolute Gasteiger partial charge is 0.387 e. The monoisotopic (exact) mass is 375 g/mol. The molecule has 3 rings (SSSR count). The highest BCUT2D eigenvalue weighted by Gasteiger charge is 2.24. The van der Waals surface area contributed by atoms with Gasteiger partial charge in [0, 0.05) is 0 Å². The second kappa shape index (κ2) is 9.46. The molecule has 1 aliphatic rings. The van der Waals surface area contributed by atoms with E-state index in [0.717, 1.165) is 32.4 Å². The van der Waals surface area contributed by atoms with Crippen LogP contribution in [0.5, 0.6) is 5.75 Å². The first kappa shape index (κ1) is 19.3. The molecule has 0 atom stereocenters. The third-order valence-corrected chi connectivity index (χ3v) is 4.97. The lowest BCUT2D eigenvalue weighted by atomic mass is 9.90. The number of amides is 1. The van der Waals surface area contributed by atoms with Crippen molar-refractivity contribution in [2.45, 2.75) is 25.9 Å². The van der Waals surface area contributed by atoms with Crippen LogP contribution >= 0.6 is 0 Å². The van der Waals surface area contributed by atoms with Gasteiger partial charge in [-0.15, -0.1) is 0 Å². The Hall–Kier alpha value is -2.47. The number of alkyl halides is 2. The number of likely N-dealkylation sites (tertiary alicyclic amines) is 1. The molecule has 0 aliphatic carbocycles. The first-order valence-corrected chi connectivity index (χ1v) is 9.31. The first-order valence-electron chi connectivity index (χ1n) is 9.31. The van der Waals surface area contributed by atoms with E-state index in [-0.39, 0.29) is 17.3 Å². The van der Waals surface area contributed by atoms with Gasteiger partial charge < -0.3 is 15.0 Å². The number of quaternary nitrogens is 1. The van der Waals surface area contributed by atoms with Crippen LogP contribution in [0.2, 0.25) is 0 Å². The fraction of sp³-hybridized carbons (Fsp3) is 0.381. The summed E-state index contributed by atoms with van der Waals surface area (Å²) < 4.78 is 29.4. The summed E-state index contributed by atoms with van der Waals surface area (Å²) in [6, 6.07) is 16.7. The molecule has 4 nitrogen and oxygen atoms in total. The number of ether oxygens (including phenoxy) is 1. The Bertz CT molecular complexity index is 732. The molecule has 0 saturated carbocycles. The Morgan fingerprint density at radius 3 is 2.44 bits per heavy atom. The lowest BCUT2D eigenvalue weighted by Gasteiger charge is -2.29. The van der Waals surface area contributed by atoms with Gasteiger partial charge >= 0.3 is 6.61 Å². The van der Waals surface area contributed by atoms with Gasteiger partial charge in [-0.05, 0) is 42.9 Å². The van der Waals surface area contributed by atoms with Gasteiger partial charge in [0.25, 0.3) is 5.91 Å². The number of carbonyl (C=O) groups excluding carboxylic acids is 1. The number of halogens is 2. The van der Waals surface area contributed by atoms with Crippen molar-refractivity contribution in [1.82, 2.24) is 0 Å². The SMILES string of the molecule is O=C(C[NH+]1CCC(Cc2ccccc2)CC1)Nc1ccccc1OC(F)F. The van der Waals surface area contributed by atoms with Gasteiger partial charge in [0.05, 0.1) is 18.8 Å². The summed E-state index contributed by atoms with van der Waals surface area (Å²) in [5.41, 5.74) is 1.64. The predicted molar refractivity (Wildman–Crippen MR) is 100 cm³/mol. The van der Waals surface area contributed by atoms with E-state index in [0.29, 0.717) is 12.5 Å². The Labute approximate surface area is 158 Å². The molecule has 0 aromatic heterocycles. The fourth-order valence-electron chi connectivity index (χ4n) is 3.60. The minimum absolute atomic E-state index is 0.0163. The van der Waals surface area contributed by atoms with Gasteiger partial charge in [-0.1, -0.05) is 42.5 Å². The third kappa shape index (κ3) is 6.03. The molecule has 0 unspecified atom stereocenters. The number of rotatable bonds is 7. The van der Waals surface area contributed by atoms with Crippen molar-refractivity contribution in [3.8, 4) is 5.75 Å². The molecule has 2 aromatic carbocycles. The second-order valence-corrected chi connectivity index (χ2v) is 6.98. The van der Waals surface area contributed by atoms with Crippen molar-refractivity contribution in [1.29, 1.82) is 0 Å². The fourth-order valence-corrected chi connectivity index (χ4v) is 3.60. The number of hydrogen-bond donors (Lipinski definition) is 2. The zero-order valence-electron chi connectivity index (χ0n) is 15.2. The summed E-state index contributed by atoms with van der Waals surface area (Å²) >= 11 is 0. The average molecular weight is 375 g/mol. The first-order chi connectivity index (χ1) is 13.1. The van der Waals surface area contributed by atoms with E-state index in [1.165, 1.54) is 16.5 Å². The van der Waals surface area contributed by atoms with Gasteiger partial charge in [-0.2, -0.15) is 8.78 Å². The summed E-state index contributed by atoms with van der Waals surface area (Å²) in [5, 5.41) is 2.70. The minimum Gasteiger partial charge on any atom is -0.433 e.